The quantitative estimate of drug-likeness (QED) is 0.771. The van der Waals surface area contributed by atoms with Gasteiger partial charge in [0.25, 0.3) is 0 Å². The van der Waals surface area contributed by atoms with E-state index in [0.717, 1.165) is 23.9 Å². The average Bonchev–Trinajstić information content (AvgIpc) is 2.78. The summed E-state index contributed by atoms with van der Waals surface area (Å²) < 4.78 is 6.95. The Bertz CT molecular complexity index is 685. The molecule has 0 N–H and O–H groups in total. The number of pyridine rings is 1. The van der Waals surface area contributed by atoms with E-state index >= 15 is 0 Å². The number of carbonyl (C=O) groups is 1. The number of fused-ring (bicyclic) bond motifs is 1. The van der Waals surface area contributed by atoms with E-state index in [9.17, 15) is 4.79 Å². The maximum absolute atomic E-state index is 12.1. The number of hydrogen-bond acceptors (Lipinski definition) is 4. The van der Waals surface area contributed by atoms with E-state index in [2.05, 4.69) is 17.0 Å². The average molecular weight is 257 g/mol. The largest absolute Gasteiger partial charge is 0.469 e. The van der Waals surface area contributed by atoms with Crippen LogP contribution in [0.5, 0.6) is 0 Å². The van der Waals surface area contributed by atoms with Gasteiger partial charge in [-0.2, -0.15) is 5.10 Å². The predicted molar refractivity (Wildman–Crippen MR) is 68.4 cm³/mol. The van der Waals surface area contributed by atoms with Crippen molar-refractivity contribution in [1.29, 1.82) is 0 Å². The zero-order valence-corrected chi connectivity index (χ0v) is 11.0. The second-order valence-electron chi connectivity index (χ2n) is 6.05. The van der Waals surface area contributed by atoms with Crippen molar-refractivity contribution in [2.75, 3.05) is 7.11 Å². The molecular weight excluding hydrogens is 242 g/mol. The molecule has 3 saturated carbocycles. The highest BCUT2D eigenvalue weighted by atomic mass is 16.5. The Balaban J connectivity index is 1.83. The topological polar surface area (TPSA) is 57.0 Å². The minimum absolute atomic E-state index is 0.103. The van der Waals surface area contributed by atoms with E-state index in [4.69, 9.17) is 4.74 Å². The molecule has 2 bridgehead atoms. The third-order valence-electron chi connectivity index (χ3n) is 4.83. The monoisotopic (exact) mass is 257 g/mol. The number of methoxy groups -OCH3 is 1. The summed E-state index contributed by atoms with van der Waals surface area (Å²) in [7, 11) is 1.46. The van der Waals surface area contributed by atoms with Crippen LogP contribution in [0.4, 0.5) is 0 Å². The Labute approximate surface area is 110 Å². The number of rotatable bonds is 2. The molecule has 0 aromatic carbocycles. The lowest BCUT2D eigenvalue weighted by Gasteiger charge is -2.72. The van der Waals surface area contributed by atoms with Gasteiger partial charge in [0.2, 0.25) is 0 Å². The molecule has 0 saturated heterocycles. The summed E-state index contributed by atoms with van der Waals surface area (Å²) in [6, 6.07) is 4.01. The number of carbonyl (C=O) groups excluding carboxylic acids is 1. The minimum atomic E-state index is -0.363. The lowest BCUT2D eigenvalue weighted by atomic mass is 9.32. The van der Waals surface area contributed by atoms with Crippen molar-refractivity contribution in [2.45, 2.75) is 25.8 Å². The predicted octanol–water partition coefficient (Wildman–Crippen LogP) is 1.95. The SMILES string of the molecule is COC(=O)C12CC(C)(C1)C2n1ncc2ncccc21. The maximum Gasteiger partial charge on any atom is 0.314 e. The van der Waals surface area contributed by atoms with Crippen molar-refractivity contribution in [3.05, 3.63) is 24.5 Å². The molecule has 19 heavy (non-hydrogen) atoms. The third kappa shape index (κ3) is 1.09. The number of aromatic nitrogens is 3. The van der Waals surface area contributed by atoms with Crippen molar-refractivity contribution < 1.29 is 9.53 Å². The molecule has 0 spiro atoms. The van der Waals surface area contributed by atoms with Crippen molar-refractivity contribution in [3.63, 3.8) is 0 Å². The number of ether oxygens (including phenoxy) is 1. The van der Waals surface area contributed by atoms with E-state index in [1.165, 1.54) is 7.11 Å². The first kappa shape index (κ1) is 11.0. The summed E-state index contributed by atoms with van der Waals surface area (Å²) in [4.78, 5) is 16.4. The fourth-order valence-electron chi connectivity index (χ4n) is 4.26. The molecule has 1 atom stereocenters. The fourth-order valence-corrected chi connectivity index (χ4v) is 4.26. The van der Waals surface area contributed by atoms with Crippen molar-refractivity contribution in [1.82, 2.24) is 14.8 Å². The molecule has 0 amide bonds. The molecule has 0 aliphatic heterocycles. The van der Waals surface area contributed by atoms with Crippen LogP contribution in [0.25, 0.3) is 11.0 Å². The molecule has 2 aromatic rings. The third-order valence-corrected chi connectivity index (χ3v) is 4.83. The zero-order chi connectivity index (χ0) is 13.3. The summed E-state index contributed by atoms with van der Waals surface area (Å²) in [6.45, 7) is 2.21. The van der Waals surface area contributed by atoms with Crippen LogP contribution in [0.15, 0.2) is 24.5 Å². The highest BCUT2D eigenvalue weighted by molar-refractivity contribution is 5.83. The van der Waals surface area contributed by atoms with Crippen LogP contribution >= 0.6 is 0 Å². The Morgan fingerprint density at radius 2 is 2.32 bits per heavy atom. The van der Waals surface area contributed by atoms with Gasteiger partial charge in [0, 0.05) is 6.20 Å². The van der Waals surface area contributed by atoms with Crippen LogP contribution in [0.1, 0.15) is 25.8 Å². The second-order valence-corrected chi connectivity index (χ2v) is 6.05. The normalized spacial score (nSPS) is 35.6. The summed E-state index contributed by atoms with van der Waals surface area (Å²) in [5.74, 6) is -0.103. The molecule has 2 heterocycles. The Kier molecular flexibility index (Phi) is 1.82. The van der Waals surface area contributed by atoms with Crippen molar-refractivity contribution >= 4 is 17.0 Å². The van der Waals surface area contributed by atoms with Crippen LogP contribution in [0.3, 0.4) is 0 Å². The van der Waals surface area contributed by atoms with Gasteiger partial charge >= 0.3 is 5.97 Å². The zero-order valence-electron chi connectivity index (χ0n) is 11.0. The first-order valence-corrected chi connectivity index (χ1v) is 6.47. The molecule has 5 nitrogen and oxygen atoms in total. The van der Waals surface area contributed by atoms with Gasteiger partial charge in [0.1, 0.15) is 5.52 Å². The molecule has 3 fully saturated rings. The van der Waals surface area contributed by atoms with Gasteiger partial charge in [-0.1, -0.05) is 6.92 Å². The van der Waals surface area contributed by atoms with Gasteiger partial charge in [-0.25, -0.2) is 0 Å². The Morgan fingerprint density at radius 3 is 3.00 bits per heavy atom. The number of esters is 1. The molecule has 5 rings (SSSR count). The van der Waals surface area contributed by atoms with Crippen molar-refractivity contribution in [2.24, 2.45) is 10.8 Å². The van der Waals surface area contributed by atoms with Gasteiger partial charge in [0.15, 0.2) is 0 Å². The van der Waals surface area contributed by atoms with Crippen LogP contribution in [0, 0.1) is 10.8 Å². The van der Waals surface area contributed by atoms with E-state index in [1.54, 1.807) is 12.4 Å². The Hall–Kier alpha value is -1.91. The molecule has 1 unspecified atom stereocenters. The van der Waals surface area contributed by atoms with E-state index in [0.29, 0.717) is 0 Å². The summed E-state index contributed by atoms with van der Waals surface area (Å²) in [5.41, 5.74) is 1.67. The van der Waals surface area contributed by atoms with Crippen LogP contribution in [0.2, 0.25) is 0 Å². The Morgan fingerprint density at radius 1 is 1.53 bits per heavy atom. The fraction of sp³-hybridized carbons (Fsp3) is 0.500. The van der Waals surface area contributed by atoms with E-state index in [-0.39, 0.29) is 22.8 Å². The van der Waals surface area contributed by atoms with E-state index in [1.807, 2.05) is 16.8 Å². The van der Waals surface area contributed by atoms with Crippen LogP contribution in [-0.4, -0.2) is 27.8 Å². The summed E-state index contributed by atoms with van der Waals surface area (Å²) >= 11 is 0. The highest BCUT2D eigenvalue weighted by Crippen LogP contribution is 2.79. The highest BCUT2D eigenvalue weighted by Gasteiger charge is 2.78. The van der Waals surface area contributed by atoms with E-state index < -0.39 is 0 Å². The van der Waals surface area contributed by atoms with Crippen LogP contribution in [-0.2, 0) is 9.53 Å². The summed E-state index contributed by atoms with van der Waals surface area (Å²) in [6.07, 6.45) is 5.33. The number of nitrogens with zero attached hydrogens (tertiary/aromatic N) is 3. The van der Waals surface area contributed by atoms with Crippen LogP contribution < -0.4 is 0 Å². The summed E-state index contributed by atoms with van der Waals surface area (Å²) in [5, 5.41) is 4.45. The first-order chi connectivity index (χ1) is 9.11. The molecule has 5 heteroatoms. The van der Waals surface area contributed by atoms with Gasteiger partial charge in [-0.05, 0) is 30.4 Å². The first-order valence-electron chi connectivity index (χ1n) is 6.47. The standard InChI is InChI=1S/C14H15N3O2/c1-13-7-14(8-13,12(18)19-2)11(13)17-10-4-3-5-15-9(10)6-16-17/h3-6,11H,7-8H2,1-2H3. The van der Waals surface area contributed by atoms with Gasteiger partial charge in [-0.3, -0.25) is 14.5 Å². The lowest BCUT2D eigenvalue weighted by molar-refractivity contribution is -0.259. The molecule has 3 aliphatic rings. The van der Waals surface area contributed by atoms with Gasteiger partial charge in [-0.15, -0.1) is 0 Å². The number of hydrogen-bond donors (Lipinski definition) is 0. The van der Waals surface area contributed by atoms with Crippen molar-refractivity contribution in [3.8, 4) is 0 Å². The van der Waals surface area contributed by atoms with Gasteiger partial charge < -0.3 is 4.74 Å². The minimum Gasteiger partial charge on any atom is -0.469 e. The molecule has 2 aromatic heterocycles. The second kappa shape index (κ2) is 3.15. The molecule has 3 aliphatic carbocycles. The van der Waals surface area contributed by atoms with Gasteiger partial charge in [0.05, 0.1) is 30.3 Å². The molecule has 0 radical (unpaired) electrons. The smallest absolute Gasteiger partial charge is 0.314 e. The lowest BCUT2D eigenvalue weighted by Crippen LogP contribution is -2.72. The molecule has 98 valence electrons. The molecular formula is C14H15N3O2. The maximum atomic E-state index is 12.1.